The Morgan fingerprint density at radius 3 is 2.89 bits per heavy atom. The quantitative estimate of drug-likeness (QED) is 0.337. The van der Waals surface area contributed by atoms with E-state index in [9.17, 15) is 13.9 Å². The van der Waals surface area contributed by atoms with E-state index in [0.29, 0.717) is 42.8 Å². The van der Waals surface area contributed by atoms with Gasteiger partial charge in [-0.1, -0.05) is 18.7 Å². The van der Waals surface area contributed by atoms with Gasteiger partial charge in [0, 0.05) is 36.5 Å². The Balaban J connectivity index is 1.34. The number of likely N-dealkylation sites (N-methyl/N-ethyl adjacent to an activating group) is 1. The van der Waals surface area contributed by atoms with E-state index in [4.69, 9.17) is 19.2 Å². The Labute approximate surface area is 250 Å². The van der Waals surface area contributed by atoms with Crippen molar-refractivity contribution in [3.8, 4) is 28.9 Å². The highest BCUT2D eigenvalue weighted by Gasteiger charge is 2.49. The third kappa shape index (κ3) is 4.03. The highest BCUT2D eigenvalue weighted by Crippen LogP contribution is 2.45. The molecule has 228 valence electrons. The van der Waals surface area contributed by atoms with Gasteiger partial charge in [0.2, 0.25) is 5.88 Å². The highest BCUT2D eigenvalue weighted by atomic mass is 19.1. The van der Waals surface area contributed by atoms with Gasteiger partial charge in [-0.3, -0.25) is 4.90 Å². The second-order valence-corrected chi connectivity index (χ2v) is 12.1. The molecule has 2 aromatic heterocycles. The third-order valence-electron chi connectivity index (χ3n) is 9.59. The molecular formula is C32H30F3N5O4. The normalized spacial score (nSPS) is 26.1. The van der Waals surface area contributed by atoms with Crippen LogP contribution in [0.15, 0.2) is 30.8 Å². The molecule has 4 aromatic rings. The number of halogens is 3. The van der Waals surface area contributed by atoms with Crippen LogP contribution in [-0.2, 0) is 4.74 Å². The number of aromatic hydroxyl groups is 1. The average molecular weight is 606 g/mol. The van der Waals surface area contributed by atoms with Crippen molar-refractivity contribution in [3.63, 3.8) is 0 Å². The molecule has 0 bridgehead atoms. The van der Waals surface area contributed by atoms with Crippen molar-refractivity contribution in [1.82, 2.24) is 19.9 Å². The maximum absolute atomic E-state index is 16.8. The van der Waals surface area contributed by atoms with E-state index in [2.05, 4.69) is 21.4 Å². The number of phenolic OH excluding ortho intramolecular Hbond substituents is 1. The lowest BCUT2D eigenvalue weighted by molar-refractivity contribution is 0.107. The number of aromatic nitrogens is 3. The summed E-state index contributed by atoms with van der Waals surface area (Å²) in [7, 11) is 1.83. The molecular weight excluding hydrogens is 575 g/mol. The number of pyridine rings is 1. The molecule has 3 saturated heterocycles. The van der Waals surface area contributed by atoms with Crippen LogP contribution in [0, 0.1) is 11.6 Å². The minimum Gasteiger partial charge on any atom is -0.508 e. The lowest BCUT2D eigenvalue weighted by Crippen LogP contribution is -2.44. The Morgan fingerprint density at radius 2 is 2.05 bits per heavy atom. The molecule has 2 aromatic carbocycles. The number of ether oxygens (including phenoxy) is 3. The molecule has 6 heterocycles. The van der Waals surface area contributed by atoms with Crippen molar-refractivity contribution < 1.29 is 32.5 Å². The van der Waals surface area contributed by atoms with Crippen LogP contribution in [0.1, 0.15) is 24.8 Å². The van der Waals surface area contributed by atoms with E-state index in [-0.39, 0.29) is 58.0 Å². The van der Waals surface area contributed by atoms with Crippen molar-refractivity contribution >= 4 is 33.6 Å². The number of rotatable bonds is 5. The maximum atomic E-state index is 16.8. The standard InChI is InChI=1S/C32H30F3N5O4/c1-3-19-21(34)6-5-16-9-18(41)10-20(24(16)19)27-26(35)28-25-29(39(2)22-13-42-14-23(22)44-30(25)36-27)38-31(37-28)43-15-32-7-4-8-40(32)12-17(33)11-32/h3,5-6,9-10,17,22-23,41H,1,4,7-8,11-15H2,2H3/t17-,22+,23+,32+/m1/s1. The molecule has 4 aliphatic heterocycles. The van der Waals surface area contributed by atoms with Crippen molar-refractivity contribution in [3.05, 3.63) is 48.0 Å². The summed E-state index contributed by atoms with van der Waals surface area (Å²) in [5.74, 6) is -1.06. The highest BCUT2D eigenvalue weighted by molar-refractivity contribution is 6.05. The Bertz CT molecular complexity index is 1860. The van der Waals surface area contributed by atoms with E-state index in [1.165, 1.54) is 30.3 Å². The zero-order valence-corrected chi connectivity index (χ0v) is 24.0. The second kappa shape index (κ2) is 9.93. The van der Waals surface area contributed by atoms with Crippen LogP contribution in [0.5, 0.6) is 17.6 Å². The minimum atomic E-state index is -0.931. The van der Waals surface area contributed by atoms with Gasteiger partial charge < -0.3 is 24.2 Å². The molecule has 0 saturated carbocycles. The molecule has 8 rings (SSSR count). The number of hydrogen-bond donors (Lipinski definition) is 1. The summed E-state index contributed by atoms with van der Waals surface area (Å²) in [6.07, 6.45) is 2.09. The largest absolute Gasteiger partial charge is 0.508 e. The average Bonchev–Trinajstić information content (AvgIpc) is 3.69. The van der Waals surface area contributed by atoms with E-state index in [1.54, 1.807) is 0 Å². The lowest BCUT2D eigenvalue weighted by atomic mass is 9.95. The van der Waals surface area contributed by atoms with Gasteiger partial charge in [0.15, 0.2) is 5.82 Å². The van der Waals surface area contributed by atoms with Gasteiger partial charge >= 0.3 is 6.01 Å². The summed E-state index contributed by atoms with van der Waals surface area (Å²) in [5.41, 5.74) is -0.446. The van der Waals surface area contributed by atoms with E-state index < -0.39 is 29.4 Å². The molecule has 12 heteroatoms. The molecule has 0 spiro atoms. The lowest BCUT2D eigenvalue weighted by Gasteiger charge is -2.31. The number of hydrogen-bond acceptors (Lipinski definition) is 9. The predicted molar refractivity (Wildman–Crippen MR) is 158 cm³/mol. The summed E-state index contributed by atoms with van der Waals surface area (Å²) in [5, 5.41) is 11.7. The fourth-order valence-electron chi connectivity index (χ4n) is 7.47. The van der Waals surface area contributed by atoms with E-state index in [0.717, 1.165) is 19.4 Å². The monoisotopic (exact) mass is 605 g/mol. The molecule has 3 fully saturated rings. The van der Waals surface area contributed by atoms with Gasteiger partial charge in [0.25, 0.3) is 0 Å². The summed E-state index contributed by atoms with van der Waals surface area (Å²) in [4.78, 5) is 17.9. The summed E-state index contributed by atoms with van der Waals surface area (Å²) < 4.78 is 64.5. The van der Waals surface area contributed by atoms with Crippen LogP contribution in [-0.4, -0.2) is 88.8 Å². The Kier molecular flexibility index (Phi) is 6.18. The number of fused-ring (bicyclic) bond motifs is 3. The molecule has 0 aliphatic carbocycles. The van der Waals surface area contributed by atoms with Crippen LogP contribution >= 0.6 is 0 Å². The zero-order chi connectivity index (χ0) is 30.3. The van der Waals surface area contributed by atoms with Gasteiger partial charge in [-0.2, -0.15) is 9.97 Å². The first kappa shape index (κ1) is 27.4. The predicted octanol–water partition coefficient (Wildman–Crippen LogP) is 5.02. The number of phenols is 1. The molecule has 0 unspecified atom stereocenters. The van der Waals surface area contributed by atoms with Crippen LogP contribution in [0.2, 0.25) is 0 Å². The third-order valence-corrected chi connectivity index (χ3v) is 9.59. The van der Waals surface area contributed by atoms with E-state index >= 15 is 4.39 Å². The number of nitrogens with zero attached hydrogens (tertiary/aromatic N) is 5. The summed E-state index contributed by atoms with van der Waals surface area (Å²) in [6, 6.07) is 5.28. The molecule has 0 amide bonds. The van der Waals surface area contributed by atoms with Crippen LogP contribution in [0.25, 0.3) is 39.0 Å². The number of anilines is 1. The summed E-state index contributed by atoms with van der Waals surface area (Å²) >= 11 is 0. The molecule has 4 atom stereocenters. The fraction of sp³-hybridized carbons (Fsp3) is 0.406. The van der Waals surface area contributed by atoms with Crippen molar-refractivity contribution in [1.29, 1.82) is 0 Å². The maximum Gasteiger partial charge on any atom is 0.319 e. The van der Waals surface area contributed by atoms with Crippen molar-refractivity contribution in [2.75, 3.05) is 44.9 Å². The van der Waals surface area contributed by atoms with Crippen LogP contribution in [0.4, 0.5) is 19.0 Å². The van der Waals surface area contributed by atoms with Crippen molar-refractivity contribution in [2.24, 2.45) is 0 Å². The fourth-order valence-corrected chi connectivity index (χ4v) is 7.47. The van der Waals surface area contributed by atoms with Gasteiger partial charge in [-0.15, -0.1) is 0 Å². The zero-order valence-electron chi connectivity index (χ0n) is 24.0. The first-order chi connectivity index (χ1) is 21.3. The van der Waals surface area contributed by atoms with Gasteiger partial charge in [0.1, 0.15) is 52.9 Å². The first-order valence-corrected chi connectivity index (χ1v) is 14.7. The molecule has 9 nitrogen and oxygen atoms in total. The summed E-state index contributed by atoms with van der Waals surface area (Å²) in [6.45, 7) is 5.74. The van der Waals surface area contributed by atoms with Gasteiger partial charge in [-0.05, 0) is 43.0 Å². The second-order valence-electron chi connectivity index (χ2n) is 12.1. The van der Waals surface area contributed by atoms with Crippen LogP contribution < -0.4 is 14.4 Å². The van der Waals surface area contributed by atoms with Crippen LogP contribution in [0.3, 0.4) is 0 Å². The molecule has 44 heavy (non-hydrogen) atoms. The molecule has 1 N–H and O–H groups in total. The smallest absolute Gasteiger partial charge is 0.319 e. The first-order valence-electron chi connectivity index (χ1n) is 14.7. The topological polar surface area (TPSA) is 93.1 Å². The van der Waals surface area contributed by atoms with Crippen molar-refractivity contribution in [2.45, 2.75) is 43.1 Å². The number of alkyl halides is 1. The molecule has 4 aliphatic rings. The Morgan fingerprint density at radius 1 is 1.18 bits per heavy atom. The SMILES string of the molecule is C=Cc1c(F)ccc2cc(O)cc(-c3nc4c5c(nc(OC[C@@]67CCCN6C[C@H](F)C7)nc5c3F)N(C)[C@H]3COC[C@@H]3O4)c12. The number of benzene rings is 2. The Hall–Kier alpha value is -4.16. The van der Waals surface area contributed by atoms with E-state index in [1.807, 2.05) is 11.9 Å². The minimum absolute atomic E-state index is 0.0548. The molecule has 0 radical (unpaired) electrons. The van der Waals surface area contributed by atoms with Gasteiger partial charge in [0.05, 0.1) is 24.8 Å². The van der Waals surface area contributed by atoms with Gasteiger partial charge in [-0.25, -0.2) is 18.2 Å².